The average molecular weight is 146 g/mol. The van der Waals surface area contributed by atoms with Gasteiger partial charge in [-0.05, 0) is 0 Å². The Morgan fingerprint density at radius 2 is 1.90 bits per heavy atom. The Morgan fingerprint density at radius 3 is 2.30 bits per heavy atom. The number of methoxy groups -OCH3 is 1. The number of ether oxygens (including phenoxy) is 1. The third-order valence-corrected chi connectivity index (χ3v) is 1.08. The minimum Gasteiger partial charge on any atom is -0.475 e. The molecule has 1 rings (SSSR count). The van der Waals surface area contributed by atoms with Gasteiger partial charge in [0.15, 0.2) is 0 Å². The molecule has 48 valence electrons. The standard InChI is InChI=1S/C7H7O2.Na/c1-9-7(8)6-4-2-3-5-6;/h2-5H,1H3;/q-1;+1. The van der Waals surface area contributed by atoms with E-state index in [9.17, 15) is 4.79 Å². The molecule has 0 aliphatic rings. The molecule has 1 aromatic rings. The maximum absolute atomic E-state index is 10.7. The van der Waals surface area contributed by atoms with Crippen LogP contribution < -0.4 is 29.6 Å². The summed E-state index contributed by atoms with van der Waals surface area (Å²) in [5.74, 6) is -0.278. The summed E-state index contributed by atoms with van der Waals surface area (Å²) in [6, 6.07) is 7.02. The molecule has 2 nitrogen and oxygen atoms in total. The summed E-state index contributed by atoms with van der Waals surface area (Å²) in [6.45, 7) is 0. The SMILES string of the molecule is COC(=O)[c-]1cccc1.[Na+]. The van der Waals surface area contributed by atoms with Gasteiger partial charge in [0.25, 0.3) is 5.97 Å². The van der Waals surface area contributed by atoms with Crippen molar-refractivity contribution >= 4 is 5.97 Å². The van der Waals surface area contributed by atoms with Crippen molar-refractivity contribution in [3.63, 3.8) is 0 Å². The van der Waals surface area contributed by atoms with Gasteiger partial charge >= 0.3 is 29.6 Å². The van der Waals surface area contributed by atoms with Gasteiger partial charge in [-0.3, -0.25) is 4.79 Å². The van der Waals surface area contributed by atoms with Crippen molar-refractivity contribution in [2.24, 2.45) is 0 Å². The van der Waals surface area contributed by atoms with Crippen LogP contribution in [0.2, 0.25) is 0 Å². The Balaban J connectivity index is 0.000000810. The van der Waals surface area contributed by atoms with E-state index in [1.165, 1.54) is 7.11 Å². The van der Waals surface area contributed by atoms with Gasteiger partial charge < -0.3 is 4.74 Å². The fraction of sp³-hybridized carbons (Fsp3) is 0.143. The number of hydrogen-bond donors (Lipinski definition) is 0. The molecular weight excluding hydrogens is 139 g/mol. The quantitative estimate of drug-likeness (QED) is 0.265. The van der Waals surface area contributed by atoms with Crippen molar-refractivity contribution < 1.29 is 39.1 Å². The summed E-state index contributed by atoms with van der Waals surface area (Å²) in [4.78, 5) is 10.7. The fourth-order valence-corrected chi connectivity index (χ4v) is 0.628. The van der Waals surface area contributed by atoms with E-state index < -0.39 is 0 Å². The minimum absolute atomic E-state index is 0. The van der Waals surface area contributed by atoms with E-state index in [2.05, 4.69) is 4.74 Å². The number of hydrogen-bond acceptors (Lipinski definition) is 2. The van der Waals surface area contributed by atoms with Crippen LogP contribution in [0, 0.1) is 0 Å². The molecule has 0 spiro atoms. The predicted molar refractivity (Wildman–Crippen MR) is 33.4 cm³/mol. The molecule has 10 heavy (non-hydrogen) atoms. The normalized spacial score (nSPS) is 8.10. The van der Waals surface area contributed by atoms with Crippen LogP contribution >= 0.6 is 0 Å². The first-order valence-electron chi connectivity index (χ1n) is 2.64. The van der Waals surface area contributed by atoms with Crippen molar-refractivity contribution in [1.82, 2.24) is 0 Å². The van der Waals surface area contributed by atoms with Crippen LogP contribution in [0.25, 0.3) is 0 Å². The molecule has 0 aliphatic carbocycles. The van der Waals surface area contributed by atoms with Gasteiger partial charge in [0, 0.05) is 0 Å². The zero-order chi connectivity index (χ0) is 6.69. The molecule has 0 amide bonds. The molecular formula is C7H7NaO2. The van der Waals surface area contributed by atoms with Gasteiger partial charge in [0.2, 0.25) is 0 Å². The molecule has 0 unspecified atom stereocenters. The van der Waals surface area contributed by atoms with Gasteiger partial charge in [-0.2, -0.15) is 12.1 Å². The van der Waals surface area contributed by atoms with Crippen LogP contribution in [0.1, 0.15) is 10.4 Å². The van der Waals surface area contributed by atoms with E-state index in [1.54, 1.807) is 24.3 Å². The minimum atomic E-state index is -0.278. The first kappa shape index (κ1) is 9.82. The van der Waals surface area contributed by atoms with Gasteiger partial charge in [0.1, 0.15) is 0 Å². The molecule has 0 radical (unpaired) electrons. The first-order valence-corrected chi connectivity index (χ1v) is 2.64. The molecule has 3 heteroatoms. The number of esters is 1. The molecule has 0 heterocycles. The van der Waals surface area contributed by atoms with Crippen LogP contribution in [-0.2, 0) is 4.74 Å². The Hall–Kier alpha value is -0.180. The molecule has 0 saturated heterocycles. The Morgan fingerprint density at radius 1 is 1.40 bits per heavy atom. The van der Waals surface area contributed by atoms with Crippen LogP contribution in [0.3, 0.4) is 0 Å². The summed E-state index contributed by atoms with van der Waals surface area (Å²) in [5, 5.41) is 0. The monoisotopic (exact) mass is 146 g/mol. The number of carbonyl (C=O) groups excluding carboxylic acids is 1. The third kappa shape index (κ3) is 2.21. The third-order valence-electron chi connectivity index (χ3n) is 1.08. The Kier molecular flexibility index (Phi) is 4.52. The van der Waals surface area contributed by atoms with Crippen molar-refractivity contribution in [2.75, 3.05) is 7.11 Å². The van der Waals surface area contributed by atoms with E-state index in [0.29, 0.717) is 5.56 Å². The summed E-state index contributed by atoms with van der Waals surface area (Å²) < 4.78 is 4.46. The Bertz CT molecular complexity index is 191. The van der Waals surface area contributed by atoms with Gasteiger partial charge in [-0.25, -0.2) is 12.1 Å². The van der Waals surface area contributed by atoms with E-state index >= 15 is 0 Å². The summed E-state index contributed by atoms with van der Waals surface area (Å²) in [7, 11) is 1.37. The molecule has 1 aromatic carbocycles. The van der Waals surface area contributed by atoms with E-state index in [4.69, 9.17) is 0 Å². The van der Waals surface area contributed by atoms with Crippen LogP contribution in [0.4, 0.5) is 0 Å². The maximum atomic E-state index is 10.7. The maximum Gasteiger partial charge on any atom is 1.00 e. The van der Waals surface area contributed by atoms with Crippen molar-refractivity contribution in [2.45, 2.75) is 0 Å². The van der Waals surface area contributed by atoms with Gasteiger partial charge in [-0.15, -0.1) is 0 Å². The smallest absolute Gasteiger partial charge is 0.475 e. The number of rotatable bonds is 1. The van der Waals surface area contributed by atoms with E-state index in [0.717, 1.165) is 0 Å². The predicted octanol–water partition coefficient (Wildman–Crippen LogP) is -1.80. The zero-order valence-corrected chi connectivity index (χ0v) is 8.13. The fourth-order valence-electron chi connectivity index (χ4n) is 0.628. The second kappa shape index (κ2) is 4.61. The molecule has 0 bridgehead atoms. The van der Waals surface area contributed by atoms with Crippen LogP contribution in [-0.4, -0.2) is 13.1 Å². The second-order valence-corrected chi connectivity index (χ2v) is 1.67. The van der Waals surface area contributed by atoms with E-state index in [1.807, 2.05) is 0 Å². The molecule has 0 fully saturated rings. The van der Waals surface area contributed by atoms with Crippen molar-refractivity contribution in [3.05, 3.63) is 29.8 Å². The summed E-state index contributed by atoms with van der Waals surface area (Å²) in [5.41, 5.74) is 0.609. The zero-order valence-electron chi connectivity index (χ0n) is 6.13. The average Bonchev–Trinajstić information content (AvgIpc) is 2.37. The molecule has 0 saturated carbocycles. The molecule has 0 aliphatic heterocycles. The van der Waals surface area contributed by atoms with Crippen LogP contribution in [0.5, 0.6) is 0 Å². The first-order chi connectivity index (χ1) is 4.34. The molecule has 0 aromatic heterocycles. The van der Waals surface area contributed by atoms with Crippen molar-refractivity contribution in [1.29, 1.82) is 0 Å². The van der Waals surface area contributed by atoms with Crippen LogP contribution in [0.15, 0.2) is 24.3 Å². The summed E-state index contributed by atoms with van der Waals surface area (Å²) in [6.07, 6.45) is 0. The van der Waals surface area contributed by atoms with Gasteiger partial charge in [0.05, 0.1) is 7.11 Å². The molecule has 0 N–H and O–H groups in total. The van der Waals surface area contributed by atoms with E-state index in [-0.39, 0.29) is 35.5 Å². The second-order valence-electron chi connectivity index (χ2n) is 1.67. The molecule has 0 atom stereocenters. The van der Waals surface area contributed by atoms with Gasteiger partial charge in [-0.1, -0.05) is 5.56 Å². The van der Waals surface area contributed by atoms with Crippen molar-refractivity contribution in [3.8, 4) is 0 Å². The Labute approximate surface area is 81.8 Å². The number of carbonyl (C=O) groups is 1. The largest absolute Gasteiger partial charge is 1.00 e. The topological polar surface area (TPSA) is 26.3 Å². The summed E-state index contributed by atoms with van der Waals surface area (Å²) >= 11 is 0.